The van der Waals surface area contributed by atoms with Gasteiger partial charge in [0, 0.05) is 30.9 Å². The van der Waals surface area contributed by atoms with Crippen LogP contribution in [0, 0.1) is 0 Å². The number of anilines is 1. The van der Waals surface area contributed by atoms with Crippen molar-refractivity contribution in [2.24, 2.45) is 0 Å². The smallest absolute Gasteiger partial charge is 0.162 e. The highest BCUT2D eigenvalue weighted by Gasteiger charge is 2.23. The number of nitrogen functional groups attached to an aromatic ring is 1. The van der Waals surface area contributed by atoms with Crippen molar-refractivity contribution in [1.82, 2.24) is 4.90 Å². The molecule has 1 aromatic rings. The van der Waals surface area contributed by atoms with Crippen molar-refractivity contribution in [3.8, 4) is 11.5 Å². The molecule has 2 rings (SSSR count). The van der Waals surface area contributed by atoms with E-state index in [1.54, 1.807) is 7.11 Å². The van der Waals surface area contributed by atoms with Crippen LogP contribution in [0.2, 0.25) is 0 Å². The Kier molecular flexibility index (Phi) is 5.12. The summed E-state index contributed by atoms with van der Waals surface area (Å²) in [5.41, 5.74) is 6.46. The lowest BCUT2D eigenvalue weighted by molar-refractivity contribution is 0.0770. The van der Waals surface area contributed by atoms with Crippen molar-refractivity contribution >= 4 is 5.69 Å². The molecule has 1 fully saturated rings. The molecule has 20 heavy (non-hydrogen) atoms. The van der Waals surface area contributed by atoms with Crippen LogP contribution in [0.15, 0.2) is 18.2 Å². The van der Waals surface area contributed by atoms with Crippen LogP contribution in [-0.4, -0.2) is 37.2 Å². The van der Waals surface area contributed by atoms with Crippen LogP contribution < -0.4 is 15.2 Å². The van der Waals surface area contributed by atoms with E-state index in [0.29, 0.717) is 17.5 Å². The molecule has 4 heteroatoms. The van der Waals surface area contributed by atoms with Gasteiger partial charge in [-0.25, -0.2) is 0 Å². The fraction of sp³-hybridized carbons (Fsp3) is 0.625. The van der Waals surface area contributed by atoms with Crippen molar-refractivity contribution < 1.29 is 9.47 Å². The summed E-state index contributed by atoms with van der Waals surface area (Å²) in [4.78, 5) is 2.54. The Hall–Kier alpha value is -1.42. The highest BCUT2D eigenvalue weighted by molar-refractivity contribution is 5.52. The number of methoxy groups -OCH3 is 1. The van der Waals surface area contributed by atoms with Crippen LogP contribution in [0.25, 0.3) is 0 Å². The normalized spacial score (nSPS) is 18.8. The molecule has 0 aliphatic carbocycles. The molecule has 112 valence electrons. The highest BCUT2D eigenvalue weighted by atomic mass is 16.5. The van der Waals surface area contributed by atoms with Gasteiger partial charge < -0.3 is 20.1 Å². The zero-order valence-corrected chi connectivity index (χ0v) is 12.8. The van der Waals surface area contributed by atoms with Gasteiger partial charge in [-0.2, -0.15) is 0 Å². The number of nitrogens with zero attached hydrogens (tertiary/aromatic N) is 1. The minimum atomic E-state index is 0.271. The fourth-order valence-corrected chi connectivity index (χ4v) is 2.65. The predicted octanol–water partition coefficient (Wildman–Crippen LogP) is 2.92. The first-order valence-electron chi connectivity index (χ1n) is 7.48. The number of piperidine rings is 1. The maximum absolute atomic E-state index is 6.09. The molecule has 1 aliphatic rings. The Labute approximate surface area is 121 Å². The second kappa shape index (κ2) is 6.84. The zero-order valence-electron chi connectivity index (χ0n) is 12.8. The number of ether oxygens (including phenoxy) is 2. The quantitative estimate of drug-likeness (QED) is 0.841. The van der Waals surface area contributed by atoms with Gasteiger partial charge in [0.2, 0.25) is 0 Å². The molecule has 1 saturated heterocycles. The molecule has 0 spiro atoms. The van der Waals surface area contributed by atoms with Crippen molar-refractivity contribution in [3.63, 3.8) is 0 Å². The lowest BCUT2D eigenvalue weighted by atomic mass is 10.0. The zero-order chi connectivity index (χ0) is 14.5. The van der Waals surface area contributed by atoms with E-state index in [-0.39, 0.29) is 6.10 Å². The van der Waals surface area contributed by atoms with E-state index in [9.17, 15) is 0 Å². The molecule has 0 amide bonds. The van der Waals surface area contributed by atoms with Crippen molar-refractivity contribution in [1.29, 1.82) is 0 Å². The van der Waals surface area contributed by atoms with Gasteiger partial charge in [0.1, 0.15) is 6.10 Å². The third-order valence-electron chi connectivity index (χ3n) is 4.17. The first kappa shape index (κ1) is 15.0. The SMILES string of the molecule is CCC(C)N1CCC(Oc2ccc(N)cc2OC)CC1. The topological polar surface area (TPSA) is 47.7 Å². The summed E-state index contributed by atoms with van der Waals surface area (Å²) in [5, 5.41) is 0. The summed E-state index contributed by atoms with van der Waals surface area (Å²) in [7, 11) is 1.65. The largest absolute Gasteiger partial charge is 0.493 e. The number of rotatable bonds is 5. The highest BCUT2D eigenvalue weighted by Crippen LogP contribution is 2.31. The van der Waals surface area contributed by atoms with E-state index in [2.05, 4.69) is 18.7 Å². The molecule has 2 N–H and O–H groups in total. The van der Waals surface area contributed by atoms with E-state index in [4.69, 9.17) is 15.2 Å². The molecular formula is C16H26N2O2. The summed E-state index contributed by atoms with van der Waals surface area (Å²) in [6, 6.07) is 6.23. The maximum atomic E-state index is 6.09. The average Bonchev–Trinajstić information content (AvgIpc) is 2.49. The molecule has 1 heterocycles. The molecule has 1 atom stereocenters. The Bertz CT molecular complexity index is 428. The molecule has 4 nitrogen and oxygen atoms in total. The molecule has 1 aromatic carbocycles. The number of hydrogen-bond donors (Lipinski definition) is 1. The number of hydrogen-bond acceptors (Lipinski definition) is 4. The lowest BCUT2D eigenvalue weighted by Crippen LogP contribution is -2.42. The Morgan fingerprint density at radius 3 is 2.60 bits per heavy atom. The van der Waals surface area contributed by atoms with Crippen LogP contribution in [0.1, 0.15) is 33.1 Å². The first-order valence-corrected chi connectivity index (χ1v) is 7.48. The summed E-state index contributed by atoms with van der Waals surface area (Å²) in [5.74, 6) is 1.51. The van der Waals surface area contributed by atoms with Crippen molar-refractivity contribution in [2.75, 3.05) is 25.9 Å². The second-order valence-electron chi connectivity index (χ2n) is 5.52. The Morgan fingerprint density at radius 2 is 2.00 bits per heavy atom. The summed E-state index contributed by atoms with van der Waals surface area (Å²) in [6.07, 6.45) is 3.61. The van der Waals surface area contributed by atoms with E-state index >= 15 is 0 Å². The van der Waals surface area contributed by atoms with Crippen molar-refractivity contribution in [3.05, 3.63) is 18.2 Å². The maximum Gasteiger partial charge on any atom is 0.162 e. The Morgan fingerprint density at radius 1 is 1.30 bits per heavy atom. The molecule has 0 bridgehead atoms. The van der Waals surface area contributed by atoms with Crippen LogP contribution in [0.5, 0.6) is 11.5 Å². The minimum absolute atomic E-state index is 0.271. The molecule has 1 unspecified atom stereocenters. The van der Waals surface area contributed by atoms with Crippen molar-refractivity contribution in [2.45, 2.75) is 45.3 Å². The molecule has 0 saturated carbocycles. The van der Waals surface area contributed by atoms with Gasteiger partial charge in [-0.15, -0.1) is 0 Å². The van der Waals surface area contributed by atoms with Crippen LogP contribution in [0.3, 0.4) is 0 Å². The van der Waals surface area contributed by atoms with Gasteiger partial charge in [0.15, 0.2) is 11.5 Å². The van der Waals surface area contributed by atoms with E-state index in [1.807, 2.05) is 18.2 Å². The third-order valence-corrected chi connectivity index (χ3v) is 4.17. The van der Waals surface area contributed by atoms with Crippen LogP contribution in [-0.2, 0) is 0 Å². The van der Waals surface area contributed by atoms with Gasteiger partial charge in [0.25, 0.3) is 0 Å². The van der Waals surface area contributed by atoms with Gasteiger partial charge in [0.05, 0.1) is 7.11 Å². The fourth-order valence-electron chi connectivity index (χ4n) is 2.65. The summed E-state index contributed by atoms with van der Waals surface area (Å²) >= 11 is 0. The number of likely N-dealkylation sites (tertiary alicyclic amines) is 1. The standard InChI is InChI=1S/C16H26N2O2/c1-4-12(2)18-9-7-14(8-10-18)20-15-6-5-13(17)11-16(15)19-3/h5-6,11-12,14H,4,7-10,17H2,1-3H3. The molecule has 0 radical (unpaired) electrons. The summed E-state index contributed by atoms with van der Waals surface area (Å²) in [6.45, 7) is 6.75. The summed E-state index contributed by atoms with van der Waals surface area (Å²) < 4.78 is 11.4. The van der Waals surface area contributed by atoms with Gasteiger partial charge in [-0.3, -0.25) is 0 Å². The van der Waals surface area contributed by atoms with E-state index < -0.39 is 0 Å². The Balaban J connectivity index is 1.92. The predicted molar refractivity (Wildman–Crippen MR) is 82.4 cm³/mol. The minimum Gasteiger partial charge on any atom is -0.493 e. The number of nitrogens with two attached hydrogens (primary N) is 1. The van der Waals surface area contributed by atoms with Gasteiger partial charge >= 0.3 is 0 Å². The third kappa shape index (κ3) is 3.57. The molecule has 1 aliphatic heterocycles. The number of benzene rings is 1. The van der Waals surface area contributed by atoms with Crippen LogP contribution in [0.4, 0.5) is 5.69 Å². The van der Waals surface area contributed by atoms with Gasteiger partial charge in [-0.1, -0.05) is 6.92 Å². The molecular weight excluding hydrogens is 252 g/mol. The monoisotopic (exact) mass is 278 g/mol. The van der Waals surface area contributed by atoms with Gasteiger partial charge in [-0.05, 0) is 38.3 Å². The van der Waals surface area contributed by atoms with E-state index in [1.165, 1.54) is 6.42 Å². The first-order chi connectivity index (χ1) is 9.63. The average molecular weight is 278 g/mol. The van der Waals surface area contributed by atoms with Crippen LogP contribution >= 0.6 is 0 Å². The lowest BCUT2D eigenvalue weighted by Gasteiger charge is -2.35. The van der Waals surface area contributed by atoms with E-state index in [0.717, 1.165) is 31.7 Å². The molecule has 0 aromatic heterocycles. The second-order valence-corrected chi connectivity index (χ2v) is 5.52.